The highest BCUT2D eigenvalue weighted by atomic mass is 19.2. The third-order valence-electron chi connectivity index (χ3n) is 3.73. The summed E-state index contributed by atoms with van der Waals surface area (Å²) in [5.74, 6) is -1.55. The number of aromatic nitrogens is 2. The van der Waals surface area contributed by atoms with Gasteiger partial charge < -0.3 is 15.3 Å². The Labute approximate surface area is 124 Å². The minimum Gasteiger partial charge on any atom is -0.465 e. The Morgan fingerprint density at radius 3 is 2.82 bits per heavy atom. The van der Waals surface area contributed by atoms with Crippen LogP contribution in [0, 0.1) is 11.6 Å². The van der Waals surface area contributed by atoms with Gasteiger partial charge in [0.05, 0.1) is 23.3 Å². The summed E-state index contributed by atoms with van der Waals surface area (Å²) in [6.07, 6.45) is 2.08. The lowest BCUT2D eigenvalue weighted by atomic mass is 10.2. The van der Waals surface area contributed by atoms with Gasteiger partial charge in [-0.25, -0.2) is 18.6 Å². The fourth-order valence-electron chi connectivity index (χ4n) is 2.62. The lowest BCUT2D eigenvalue weighted by molar-refractivity contribution is 0.142. The van der Waals surface area contributed by atoms with Gasteiger partial charge in [0, 0.05) is 25.2 Å². The van der Waals surface area contributed by atoms with Gasteiger partial charge in [0.15, 0.2) is 11.6 Å². The molecule has 0 saturated carbocycles. The first kappa shape index (κ1) is 14.4. The number of halogens is 2. The van der Waals surface area contributed by atoms with Crippen LogP contribution in [0.2, 0.25) is 0 Å². The number of hydrogen-bond acceptors (Lipinski definition) is 4. The standard InChI is InChI=1S/C14H14F2N4O2/c15-9-4-11-12(5-10(9)16)19-13(7-17-11)18-6-8-2-1-3-20(8)14(21)22/h4-5,7-8H,1-3,6H2,(H,18,19)(H,21,22)/t8-/m0/s1. The maximum absolute atomic E-state index is 13.2. The monoisotopic (exact) mass is 308 g/mol. The Morgan fingerprint density at radius 2 is 2.09 bits per heavy atom. The quantitative estimate of drug-likeness (QED) is 0.910. The summed E-state index contributed by atoms with van der Waals surface area (Å²) < 4.78 is 26.3. The van der Waals surface area contributed by atoms with Crippen molar-refractivity contribution in [3.8, 4) is 0 Å². The smallest absolute Gasteiger partial charge is 0.407 e. The van der Waals surface area contributed by atoms with Crippen molar-refractivity contribution in [1.82, 2.24) is 14.9 Å². The molecule has 1 aromatic carbocycles. The van der Waals surface area contributed by atoms with Gasteiger partial charge in [-0.1, -0.05) is 0 Å². The summed E-state index contributed by atoms with van der Waals surface area (Å²) in [5.41, 5.74) is 0.503. The minimum absolute atomic E-state index is 0.125. The normalized spacial score (nSPS) is 17.9. The topological polar surface area (TPSA) is 78.4 Å². The number of fused-ring (bicyclic) bond motifs is 1. The molecule has 1 aromatic heterocycles. The molecule has 0 radical (unpaired) electrons. The molecule has 1 aliphatic rings. The van der Waals surface area contributed by atoms with Crippen LogP contribution in [0.25, 0.3) is 11.0 Å². The highest BCUT2D eigenvalue weighted by molar-refractivity contribution is 5.75. The Kier molecular flexibility index (Phi) is 3.74. The van der Waals surface area contributed by atoms with E-state index in [1.165, 1.54) is 11.1 Å². The predicted octanol–water partition coefficient (Wildman–Crippen LogP) is 2.46. The van der Waals surface area contributed by atoms with E-state index in [0.29, 0.717) is 18.9 Å². The van der Waals surface area contributed by atoms with Gasteiger partial charge in [-0.3, -0.25) is 4.98 Å². The van der Waals surface area contributed by atoms with Gasteiger partial charge in [0.25, 0.3) is 0 Å². The van der Waals surface area contributed by atoms with E-state index in [9.17, 15) is 13.6 Å². The molecule has 22 heavy (non-hydrogen) atoms. The molecule has 6 nitrogen and oxygen atoms in total. The minimum atomic E-state index is -0.980. The van der Waals surface area contributed by atoms with Gasteiger partial charge >= 0.3 is 6.09 Å². The highest BCUT2D eigenvalue weighted by Crippen LogP contribution is 2.19. The van der Waals surface area contributed by atoms with Crippen LogP contribution in [0.5, 0.6) is 0 Å². The number of nitrogens with one attached hydrogen (secondary N) is 1. The molecule has 2 N–H and O–H groups in total. The number of hydrogen-bond donors (Lipinski definition) is 2. The van der Waals surface area contributed by atoms with Crippen LogP contribution in [0.4, 0.5) is 19.4 Å². The molecule has 0 unspecified atom stereocenters. The van der Waals surface area contributed by atoms with E-state index < -0.39 is 17.7 Å². The third-order valence-corrected chi connectivity index (χ3v) is 3.73. The fraction of sp³-hybridized carbons (Fsp3) is 0.357. The molecule has 3 rings (SSSR count). The zero-order chi connectivity index (χ0) is 15.7. The average Bonchev–Trinajstić information content (AvgIpc) is 2.95. The summed E-state index contributed by atoms with van der Waals surface area (Å²) in [5, 5.41) is 12.1. The summed E-state index contributed by atoms with van der Waals surface area (Å²) in [7, 11) is 0. The van der Waals surface area contributed by atoms with Gasteiger partial charge in [0.1, 0.15) is 5.82 Å². The second-order valence-electron chi connectivity index (χ2n) is 5.16. The van der Waals surface area contributed by atoms with Gasteiger partial charge in [-0.15, -0.1) is 0 Å². The Hall–Kier alpha value is -2.51. The van der Waals surface area contributed by atoms with E-state index in [1.807, 2.05) is 0 Å². The van der Waals surface area contributed by atoms with Crippen molar-refractivity contribution in [2.75, 3.05) is 18.4 Å². The predicted molar refractivity (Wildman–Crippen MR) is 75.7 cm³/mol. The number of anilines is 1. The van der Waals surface area contributed by atoms with E-state index in [-0.39, 0.29) is 17.1 Å². The van der Waals surface area contributed by atoms with Crippen molar-refractivity contribution < 1.29 is 18.7 Å². The van der Waals surface area contributed by atoms with Crippen LogP contribution >= 0.6 is 0 Å². The van der Waals surface area contributed by atoms with Gasteiger partial charge in [-0.2, -0.15) is 0 Å². The lowest BCUT2D eigenvalue weighted by Crippen LogP contribution is -2.38. The first-order valence-electron chi connectivity index (χ1n) is 6.90. The van der Waals surface area contributed by atoms with Crippen LogP contribution < -0.4 is 5.32 Å². The van der Waals surface area contributed by atoms with Crippen molar-refractivity contribution in [2.45, 2.75) is 18.9 Å². The third kappa shape index (κ3) is 2.76. The SMILES string of the molecule is O=C(O)N1CCC[C@H]1CNc1cnc2cc(F)c(F)cc2n1. The lowest BCUT2D eigenvalue weighted by Gasteiger charge is -2.21. The van der Waals surface area contributed by atoms with E-state index in [2.05, 4.69) is 15.3 Å². The first-order valence-corrected chi connectivity index (χ1v) is 6.90. The molecular formula is C14H14F2N4O2. The largest absolute Gasteiger partial charge is 0.465 e. The van der Waals surface area contributed by atoms with Gasteiger partial charge in [0.2, 0.25) is 0 Å². The molecule has 1 fully saturated rings. The van der Waals surface area contributed by atoms with E-state index >= 15 is 0 Å². The van der Waals surface area contributed by atoms with Crippen LogP contribution in [-0.2, 0) is 0 Å². The molecule has 1 amide bonds. The van der Waals surface area contributed by atoms with E-state index in [4.69, 9.17) is 5.11 Å². The van der Waals surface area contributed by atoms with E-state index in [1.54, 1.807) is 0 Å². The number of carbonyl (C=O) groups is 1. The molecule has 0 aliphatic carbocycles. The first-order chi connectivity index (χ1) is 10.5. The average molecular weight is 308 g/mol. The summed E-state index contributed by atoms with van der Waals surface area (Å²) in [6, 6.07) is 1.85. The second-order valence-corrected chi connectivity index (χ2v) is 5.16. The fourth-order valence-corrected chi connectivity index (χ4v) is 2.62. The van der Waals surface area contributed by atoms with Crippen molar-refractivity contribution in [2.24, 2.45) is 0 Å². The summed E-state index contributed by atoms with van der Waals surface area (Å²) in [6.45, 7) is 0.922. The Bertz CT molecular complexity index is 725. The molecular weight excluding hydrogens is 294 g/mol. The molecule has 8 heteroatoms. The number of carboxylic acid groups (broad SMARTS) is 1. The molecule has 2 heterocycles. The van der Waals surface area contributed by atoms with Gasteiger partial charge in [-0.05, 0) is 12.8 Å². The molecule has 1 aliphatic heterocycles. The maximum atomic E-state index is 13.2. The zero-order valence-corrected chi connectivity index (χ0v) is 11.6. The molecule has 0 spiro atoms. The second kappa shape index (κ2) is 5.70. The van der Waals surface area contributed by atoms with Crippen LogP contribution in [0.15, 0.2) is 18.3 Å². The summed E-state index contributed by atoms with van der Waals surface area (Å²) in [4.78, 5) is 20.6. The molecule has 2 aromatic rings. The summed E-state index contributed by atoms with van der Waals surface area (Å²) >= 11 is 0. The van der Waals surface area contributed by atoms with Crippen LogP contribution in [0.3, 0.4) is 0 Å². The molecule has 1 saturated heterocycles. The van der Waals surface area contributed by atoms with Crippen LogP contribution in [-0.4, -0.2) is 45.2 Å². The van der Waals surface area contributed by atoms with Crippen molar-refractivity contribution in [3.05, 3.63) is 30.0 Å². The number of rotatable bonds is 3. The molecule has 1 atom stereocenters. The number of amides is 1. The number of benzene rings is 1. The van der Waals surface area contributed by atoms with Crippen molar-refractivity contribution >= 4 is 22.9 Å². The highest BCUT2D eigenvalue weighted by Gasteiger charge is 2.28. The molecule has 0 bridgehead atoms. The zero-order valence-electron chi connectivity index (χ0n) is 11.6. The van der Waals surface area contributed by atoms with Crippen LogP contribution in [0.1, 0.15) is 12.8 Å². The number of nitrogens with zero attached hydrogens (tertiary/aromatic N) is 3. The van der Waals surface area contributed by atoms with Crippen molar-refractivity contribution in [3.63, 3.8) is 0 Å². The Morgan fingerprint density at radius 1 is 1.36 bits per heavy atom. The van der Waals surface area contributed by atoms with Crippen molar-refractivity contribution in [1.29, 1.82) is 0 Å². The number of likely N-dealkylation sites (tertiary alicyclic amines) is 1. The van der Waals surface area contributed by atoms with E-state index in [0.717, 1.165) is 25.0 Å². The Balaban J connectivity index is 1.74. The maximum Gasteiger partial charge on any atom is 0.407 e. The molecule has 116 valence electrons.